The Labute approximate surface area is 213 Å². The van der Waals surface area contributed by atoms with Crippen LogP contribution in [0, 0.1) is 23.1 Å². The molecule has 0 radical (unpaired) electrons. The molecule has 0 unspecified atom stereocenters. The molecule has 5 nitrogen and oxygen atoms in total. The van der Waals surface area contributed by atoms with Crippen molar-refractivity contribution in [3.05, 3.63) is 70.8 Å². The summed E-state index contributed by atoms with van der Waals surface area (Å²) in [5.41, 5.74) is 5.59. The summed E-state index contributed by atoms with van der Waals surface area (Å²) in [5.74, 6) is 1.15. The molecule has 3 aliphatic carbocycles. The highest BCUT2D eigenvalue weighted by Gasteiger charge is 2.47. The molecular formula is C30H36FN3O2. The molecule has 2 aromatic rings. The number of amides is 2. The third-order valence-corrected chi connectivity index (χ3v) is 9.04. The number of nitrogens with zero attached hydrogens (tertiary/aromatic N) is 1. The van der Waals surface area contributed by atoms with Gasteiger partial charge in [-0.2, -0.15) is 0 Å². The number of hydrogen-bond donors (Lipinski definition) is 2. The fraction of sp³-hybridized carbons (Fsp3) is 0.500. The number of carbonyl (C=O) groups is 2. The van der Waals surface area contributed by atoms with Crippen molar-refractivity contribution in [1.29, 1.82) is 0 Å². The Morgan fingerprint density at radius 2 is 2.00 bits per heavy atom. The van der Waals surface area contributed by atoms with E-state index >= 15 is 0 Å². The molecule has 5 rings (SSSR count). The van der Waals surface area contributed by atoms with Crippen LogP contribution in [0.25, 0.3) is 5.57 Å². The Morgan fingerprint density at radius 1 is 1.14 bits per heavy atom. The predicted octanol–water partition coefficient (Wildman–Crippen LogP) is 5.42. The number of nitrogens with one attached hydrogen (secondary N) is 2. The van der Waals surface area contributed by atoms with Gasteiger partial charge in [-0.3, -0.25) is 14.6 Å². The Balaban J connectivity index is 1.37. The second-order valence-corrected chi connectivity index (χ2v) is 11.0. The van der Waals surface area contributed by atoms with E-state index in [-0.39, 0.29) is 29.5 Å². The summed E-state index contributed by atoms with van der Waals surface area (Å²) in [4.78, 5) is 28.3. The predicted molar refractivity (Wildman–Crippen MR) is 139 cm³/mol. The van der Waals surface area contributed by atoms with Crippen molar-refractivity contribution in [2.24, 2.45) is 17.3 Å². The summed E-state index contributed by atoms with van der Waals surface area (Å²) in [6, 6.07) is 7.82. The molecule has 1 fully saturated rings. The number of halogens is 1. The SMILES string of the molecule is CNC(=O)CCNC(=O)c1ccc2c(c1)CC[C@H]1CC[C@@H]2CC[C@]2(C)C(c3cncc(F)c3)=CC[C@@H]12. The van der Waals surface area contributed by atoms with Crippen LogP contribution in [-0.4, -0.2) is 30.4 Å². The first kappa shape index (κ1) is 24.7. The van der Waals surface area contributed by atoms with E-state index in [9.17, 15) is 14.0 Å². The lowest BCUT2D eigenvalue weighted by Gasteiger charge is -2.44. The van der Waals surface area contributed by atoms with Gasteiger partial charge in [0.15, 0.2) is 0 Å². The van der Waals surface area contributed by atoms with E-state index in [2.05, 4.69) is 40.8 Å². The fourth-order valence-corrected chi connectivity index (χ4v) is 7.09. The van der Waals surface area contributed by atoms with Gasteiger partial charge in [0.2, 0.25) is 5.91 Å². The first-order chi connectivity index (χ1) is 17.4. The highest BCUT2D eigenvalue weighted by atomic mass is 19.1. The monoisotopic (exact) mass is 489 g/mol. The molecular weight excluding hydrogens is 453 g/mol. The van der Waals surface area contributed by atoms with E-state index in [4.69, 9.17) is 0 Å². The van der Waals surface area contributed by atoms with Gasteiger partial charge in [-0.1, -0.05) is 19.1 Å². The molecule has 1 heterocycles. The van der Waals surface area contributed by atoms with Crippen LogP contribution in [0.1, 0.15) is 84.8 Å². The zero-order valence-corrected chi connectivity index (χ0v) is 21.3. The summed E-state index contributed by atoms with van der Waals surface area (Å²) in [5, 5.41) is 5.45. The summed E-state index contributed by atoms with van der Waals surface area (Å²) >= 11 is 0. The van der Waals surface area contributed by atoms with Crippen LogP contribution in [-0.2, 0) is 11.2 Å². The second kappa shape index (κ2) is 10.2. The number of allylic oxidation sites excluding steroid dienone is 2. The van der Waals surface area contributed by atoms with E-state index in [0.717, 1.165) is 37.7 Å². The minimum atomic E-state index is -0.274. The number of benzene rings is 1. The van der Waals surface area contributed by atoms with Gasteiger partial charge in [0.1, 0.15) is 5.82 Å². The summed E-state index contributed by atoms with van der Waals surface area (Å²) in [6.45, 7) is 2.72. The van der Waals surface area contributed by atoms with Crippen molar-refractivity contribution in [1.82, 2.24) is 15.6 Å². The number of aryl methyl sites for hydroxylation is 1. The molecule has 3 aliphatic rings. The fourth-order valence-electron chi connectivity index (χ4n) is 7.09. The third kappa shape index (κ3) is 4.70. The minimum absolute atomic E-state index is 0.0287. The van der Waals surface area contributed by atoms with Gasteiger partial charge in [0, 0.05) is 31.8 Å². The van der Waals surface area contributed by atoms with Gasteiger partial charge >= 0.3 is 0 Å². The highest BCUT2D eigenvalue weighted by Crippen LogP contribution is 2.58. The standard InChI is InChI=1S/C30H36FN3O2/c1-30-13-11-19-3-4-20(26(30)9-10-27(30)23-16-24(31)18-33-17-23)5-6-21-15-22(7-8-25(19)21)29(36)34-14-12-28(35)32-2/h7-8,10,15-20,26H,3-6,9,11-14H2,1-2H3,(H,32,35)(H,34,36)/t19-,20-,26+,30+/m1/s1. The van der Waals surface area contributed by atoms with Gasteiger partial charge in [-0.25, -0.2) is 4.39 Å². The topological polar surface area (TPSA) is 71.1 Å². The van der Waals surface area contributed by atoms with Crippen LogP contribution >= 0.6 is 0 Å². The zero-order valence-electron chi connectivity index (χ0n) is 21.3. The number of carbonyl (C=O) groups excluding carboxylic acids is 2. The third-order valence-electron chi connectivity index (χ3n) is 9.04. The smallest absolute Gasteiger partial charge is 0.251 e. The summed E-state index contributed by atoms with van der Waals surface area (Å²) in [6.07, 6.45) is 13.4. The number of rotatable bonds is 5. The van der Waals surface area contributed by atoms with Crippen molar-refractivity contribution in [2.75, 3.05) is 13.6 Å². The normalized spacial score (nSPS) is 27.0. The molecule has 6 heteroatoms. The van der Waals surface area contributed by atoms with Gasteiger partial charge in [-0.05, 0) is 109 Å². The number of fused-ring (bicyclic) bond motifs is 7. The van der Waals surface area contributed by atoms with Crippen molar-refractivity contribution >= 4 is 17.4 Å². The maximum absolute atomic E-state index is 14.0. The van der Waals surface area contributed by atoms with Crippen molar-refractivity contribution in [3.8, 4) is 0 Å². The molecule has 2 amide bonds. The van der Waals surface area contributed by atoms with E-state index in [1.165, 1.54) is 35.7 Å². The van der Waals surface area contributed by atoms with Crippen LogP contribution in [0.5, 0.6) is 0 Å². The molecule has 1 aromatic heterocycles. The average molecular weight is 490 g/mol. The van der Waals surface area contributed by atoms with Gasteiger partial charge < -0.3 is 10.6 Å². The Morgan fingerprint density at radius 3 is 2.81 bits per heavy atom. The summed E-state index contributed by atoms with van der Waals surface area (Å²) in [7, 11) is 1.60. The molecule has 190 valence electrons. The second-order valence-electron chi connectivity index (χ2n) is 11.0. The van der Waals surface area contributed by atoms with E-state index in [1.807, 2.05) is 12.3 Å². The molecule has 2 bridgehead atoms. The lowest BCUT2D eigenvalue weighted by atomic mass is 9.60. The van der Waals surface area contributed by atoms with Crippen LogP contribution in [0.15, 0.2) is 42.7 Å². The molecule has 2 N–H and O–H groups in total. The largest absolute Gasteiger partial charge is 0.359 e. The van der Waals surface area contributed by atoms with Crippen molar-refractivity contribution < 1.29 is 14.0 Å². The molecule has 36 heavy (non-hydrogen) atoms. The minimum Gasteiger partial charge on any atom is -0.359 e. The molecule has 0 saturated heterocycles. The first-order valence-electron chi connectivity index (χ1n) is 13.3. The van der Waals surface area contributed by atoms with Gasteiger partial charge in [0.25, 0.3) is 5.91 Å². The molecule has 4 atom stereocenters. The summed E-state index contributed by atoms with van der Waals surface area (Å²) < 4.78 is 14.0. The quantitative estimate of drug-likeness (QED) is 0.589. The Bertz CT molecular complexity index is 1190. The Hall–Kier alpha value is -3.02. The van der Waals surface area contributed by atoms with Crippen LogP contribution in [0.2, 0.25) is 0 Å². The van der Waals surface area contributed by atoms with Crippen LogP contribution in [0.3, 0.4) is 0 Å². The van der Waals surface area contributed by atoms with E-state index in [0.29, 0.717) is 29.9 Å². The zero-order chi connectivity index (χ0) is 25.3. The molecule has 0 spiro atoms. The number of hydrogen-bond acceptors (Lipinski definition) is 3. The van der Waals surface area contributed by atoms with E-state index < -0.39 is 0 Å². The average Bonchev–Trinajstić information content (AvgIpc) is 3.19. The highest BCUT2D eigenvalue weighted by molar-refractivity contribution is 5.94. The maximum Gasteiger partial charge on any atom is 0.251 e. The molecule has 1 saturated carbocycles. The van der Waals surface area contributed by atoms with Gasteiger partial charge in [-0.15, -0.1) is 0 Å². The number of pyridine rings is 1. The first-order valence-corrected chi connectivity index (χ1v) is 13.3. The van der Waals surface area contributed by atoms with Crippen molar-refractivity contribution in [2.45, 2.75) is 64.2 Å². The lowest BCUT2D eigenvalue weighted by molar-refractivity contribution is -0.120. The van der Waals surface area contributed by atoms with Crippen molar-refractivity contribution in [3.63, 3.8) is 0 Å². The lowest BCUT2D eigenvalue weighted by Crippen LogP contribution is -2.34. The van der Waals surface area contributed by atoms with E-state index in [1.54, 1.807) is 13.1 Å². The maximum atomic E-state index is 14.0. The molecule has 0 aliphatic heterocycles. The Kier molecular flexibility index (Phi) is 6.96. The van der Waals surface area contributed by atoms with Crippen LogP contribution in [0.4, 0.5) is 4.39 Å². The van der Waals surface area contributed by atoms with Crippen LogP contribution < -0.4 is 10.6 Å². The van der Waals surface area contributed by atoms with Gasteiger partial charge in [0.05, 0.1) is 6.20 Å². The number of aromatic nitrogens is 1. The molecule has 1 aromatic carbocycles.